The number of hydrogen-bond acceptors (Lipinski definition) is 7. The van der Waals surface area contributed by atoms with Crippen molar-refractivity contribution in [2.24, 2.45) is 17.8 Å². The molecule has 3 saturated heterocycles. The number of carbonyl (C=O) groups is 3. The first kappa shape index (κ1) is 32.8. The summed E-state index contributed by atoms with van der Waals surface area (Å²) in [6, 6.07) is 14.0. The fourth-order valence-corrected chi connectivity index (χ4v) is 7.83. The molecule has 3 N–H and O–H groups in total. The molecule has 0 aliphatic carbocycles. The third kappa shape index (κ3) is 5.90. The Morgan fingerprint density at radius 1 is 0.978 bits per heavy atom. The zero-order valence-corrected chi connectivity index (χ0v) is 27.2. The maximum Gasteiger partial charge on any atom is 0.250 e. The Bertz CT molecular complexity index is 1360. The molecule has 45 heavy (non-hydrogen) atoms. The number of unbranched alkanes of at least 4 members (excludes halogenated alkanes) is 2. The van der Waals surface area contributed by atoms with Crippen LogP contribution in [0, 0.1) is 17.8 Å². The van der Waals surface area contributed by atoms with E-state index < -0.39 is 29.1 Å². The Balaban J connectivity index is 1.44. The minimum absolute atomic E-state index is 0.0596. The van der Waals surface area contributed by atoms with Crippen LogP contribution in [0.2, 0.25) is 0 Å². The van der Waals surface area contributed by atoms with E-state index in [1.54, 1.807) is 29.2 Å². The van der Waals surface area contributed by atoms with E-state index in [4.69, 9.17) is 9.47 Å². The van der Waals surface area contributed by atoms with Crippen molar-refractivity contribution in [1.29, 1.82) is 0 Å². The van der Waals surface area contributed by atoms with E-state index >= 15 is 0 Å². The van der Waals surface area contributed by atoms with Crippen LogP contribution >= 0.6 is 0 Å². The Labute approximate surface area is 266 Å². The molecular formula is C35H48N4O6. The Morgan fingerprint density at radius 3 is 2.20 bits per heavy atom. The molecule has 3 aliphatic rings. The van der Waals surface area contributed by atoms with Gasteiger partial charge >= 0.3 is 0 Å². The predicted octanol–water partition coefficient (Wildman–Crippen LogP) is 4.68. The van der Waals surface area contributed by atoms with E-state index in [1.807, 2.05) is 45.0 Å². The molecule has 3 fully saturated rings. The normalized spacial score (nSPS) is 28.2. The van der Waals surface area contributed by atoms with Gasteiger partial charge < -0.3 is 35.0 Å². The highest BCUT2D eigenvalue weighted by Gasteiger charge is 2.79. The maximum absolute atomic E-state index is 14.3. The highest BCUT2D eigenvalue weighted by Crippen LogP contribution is 2.65. The molecule has 2 aromatic rings. The summed E-state index contributed by atoms with van der Waals surface area (Å²) in [5, 5.41) is 15.4. The van der Waals surface area contributed by atoms with Gasteiger partial charge in [0.15, 0.2) is 0 Å². The summed E-state index contributed by atoms with van der Waals surface area (Å²) >= 11 is 0. The largest absolute Gasteiger partial charge is 0.494 e. The molecule has 2 bridgehead atoms. The number of aliphatic hydroxyl groups excluding tert-OH is 1. The number of nitrogens with zero attached hydrogens (tertiary/aromatic N) is 2. The second kappa shape index (κ2) is 13.4. The number of rotatable bonds is 14. The van der Waals surface area contributed by atoms with Crippen molar-refractivity contribution in [1.82, 2.24) is 4.90 Å². The van der Waals surface area contributed by atoms with Crippen LogP contribution in [0.4, 0.5) is 17.1 Å². The van der Waals surface area contributed by atoms with Crippen LogP contribution in [0.25, 0.3) is 0 Å². The predicted molar refractivity (Wildman–Crippen MR) is 174 cm³/mol. The van der Waals surface area contributed by atoms with Gasteiger partial charge in [0.2, 0.25) is 17.7 Å². The van der Waals surface area contributed by atoms with Gasteiger partial charge in [0.1, 0.15) is 17.4 Å². The van der Waals surface area contributed by atoms with Gasteiger partial charge in [-0.1, -0.05) is 6.92 Å². The smallest absolute Gasteiger partial charge is 0.250 e. The van der Waals surface area contributed by atoms with Crippen molar-refractivity contribution in [3.05, 3.63) is 48.5 Å². The number of carbonyl (C=O) groups excluding carboxylic acids is 3. The van der Waals surface area contributed by atoms with Crippen molar-refractivity contribution < 1.29 is 29.0 Å². The van der Waals surface area contributed by atoms with Crippen LogP contribution in [0.5, 0.6) is 5.75 Å². The number of nitrogens with one attached hydrogen (secondary N) is 2. The second-order valence-electron chi connectivity index (χ2n) is 12.7. The number of aliphatic hydroxyl groups is 1. The summed E-state index contributed by atoms with van der Waals surface area (Å²) in [4.78, 5) is 46.5. The highest BCUT2D eigenvalue weighted by atomic mass is 16.5. The molecule has 2 aromatic carbocycles. The molecule has 5 rings (SSSR count). The maximum atomic E-state index is 14.3. The average Bonchev–Trinajstić information content (AvgIpc) is 3.54. The zero-order valence-electron chi connectivity index (χ0n) is 27.2. The van der Waals surface area contributed by atoms with Crippen LogP contribution in [-0.4, -0.2) is 77.8 Å². The summed E-state index contributed by atoms with van der Waals surface area (Å²) in [6.45, 7) is 12.8. The van der Waals surface area contributed by atoms with Gasteiger partial charge in [0, 0.05) is 43.3 Å². The van der Waals surface area contributed by atoms with Crippen molar-refractivity contribution in [2.45, 2.75) is 77.5 Å². The molecule has 0 radical (unpaired) electrons. The number of ether oxygens (including phenoxy) is 2. The first-order valence-electron chi connectivity index (χ1n) is 16.4. The lowest BCUT2D eigenvalue weighted by atomic mass is 9.62. The third-order valence-corrected chi connectivity index (χ3v) is 10.1. The standard InChI is InChI=1S/C35H48N4O6/c1-6-38(7-2)26-16-12-24(13-17-26)37-32(42)30-35-22-23(4)34(5,45-35)28(29(35)33(43)39(30)20-10-9-11-21-40)31(41)36-25-14-18-27(19-15-25)44-8-3/h12-19,23,28-30,40H,6-11,20-22H2,1-5H3,(H,36,41)(H,37,42)/t23?,28-,29+,30?,34+,35?/m1/s1. The minimum Gasteiger partial charge on any atom is -0.494 e. The fraction of sp³-hybridized carbons (Fsp3) is 0.571. The lowest BCUT2D eigenvalue weighted by Crippen LogP contribution is -2.54. The number of benzene rings is 2. The van der Waals surface area contributed by atoms with Crippen molar-refractivity contribution >= 4 is 34.8 Å². The fourth-order valence-electron chi connectivity index (χ4n) is 7.83. The van der Waals surface area contributed by atoms with E-state index in [-0.39, 0.29) is 30.2 Å². The summed E-state index contributed by atoms with van der Waals surface area (Å²) in [5.41, 5.74) is 0.265. The molecule has 3 heterocycles. The van der Waals surface area contributed by atoms with Gasteiger partial charge in [0.25, 0.3) is 0 Å². The SMILES string of the molecule is CCOc1ccc(NC(=O)[C@H]2[C@H]3C(=O)N(CCCCCO)C(C(=O)Nc4ccc(N(CC)CC)cc4)C34CC(C)[C@]2(C)O4)cc1. The van der Waals surface area contributed by atoms with Crippen LogP contribution in [-0.2, 0) is 19.1 Å². The van der Waals surface area contributed by atoms with E-state index in [1.165, 1.54) is 0 Å². The molecule has 3 amide bonds. The number of amides is 3. The molecule has 10 heteroatoms. The molecule has 3 unspecified atom stereocenters. The van der Waals surface area contributed by atoms with Crippen LogP contribution < -0.4 is 20.3 Å². The Morgan fingerprint density at radius 2 is 1.60 bits per heavy atom. The van der Waals surface area contributed by atoms with E-state index in [0.29, 0.717) is 49.5 Å². The lowest BCUT2D eigenvalue weighted by molar-refractivity contribution is -0.144. The molecule has 244 valence electrons. The molecule has 1 spiro atoms. The molecule has 3 aliphatic heterocycles. The molecule has 0 saturated carbocycles. The summed E-state index contributed by atoms with van der Waals surface area (Å²) in [7, 11) is 0. The Kier molecular flexibility index (Phi) is 9.74. The minimum atomic E-state index is -1.13. The zero-order chi connectivity index (χ0) is 32.4. The van der Waals surface area contributed by atoms with Crippen molar-refractivity contribution in [2.75, 3.05) is 48.4 Å². The molecule has 10 nitrogen and oxygen atoms in total. The van der Waals surface area contributed by atoms with E-state index in [0.717, 1.165) is 25.2 Å². The first-order valence-corrected chi connectivity index (χ1v) is 16.4. The topological polar surface area (TPSA) is 120 Å². The van der Waals surface area contributed by atoms with E-state index in [9.17, 15) is 19.5 Å². The van der Waals surface area contributed by atoms with Crippen LogP contribution in [0.1, 0.15) is 60.3 Å². The van der Waals surface area contributed by atoms with Gasteiger partial charge in [-0.25, -0.2) is 0 Å². The summed E-state index contributed by atoms with van der Waals surface area (Å²) in [6.07, 6.45) is 2.47. The molecule has 6 atom stereocenters. The third-order valence-electron chi connectivity index (χ3n) is 10.1. The molecular weight excluding hydrogens is 572 g/mol. The number of fused-ring (bicyclic) bond motifs is 1. The Hall–Kier alpha value is -3.63. The monoisotopic (exact) mass is 620 g/mol. The van der Waals surface area contributed by atoms with Gasteiger partial charge in [-0.05, 0) is 108 Å². The quantitative estimate of drug-likeness (QED) is 0.262. The lowest BCUT2D eigenvalue weighted by Gasteiger charge is -2.36. The average molecular weight is 621 g/mol. The summed E-state index contributed by atoms with van der Waals surface area (Å²) < 4.78 is 12.4. The van der Waals surface area contributed by atoms with Gasteiger partial charge in [-0.3, -0.25) is 14.4 Å². The van der Waals surface area contributed by atoms with Gasteiger partial charge in [-0.2, -0.15) is 0 Å². The highest BCUT2D eigenvalue weighted by molar-refractivity contribution is 6.05. The van der Waals surface area contributed by atoms with Gasteiger partial charge in [-0.15, -0.1) is 0 Å². The number of likely N-dealkylation sites (tertiary alicyclic amines) is 1. The van der Waals surface area contributed by atoms with Crippen molar-refractivity contribution in [3.63, 3.8) is 0 Å². The van der Waals surface area contributed by atoms with Gasteiger partial charge in [0.05, 0.1) is 24.0 Å². The number of anilines is 3. The van der Waals surface area contributed by atoms with Crippen LogP contribution in [0.3, 0.4) is 0 Å². The van der Waals surface area contributed by atoms with E-state index in [2.05, 4.69) is 29.4 Å². The summed E-state index contributed by atoms with van der Waals surface area (Å²) in [5.74, 6) is -1.74. The van der Waals surface area contributed by atoms with Crippen LogP contribution in [0.15, 0.2) is 48.5 Å². The number of hydrogen-bond donors (Lipinski definition) is 3. The first-order chi connectivity index (χ1) is 21.6. The second-order valence-corrected chi connectivity index (χ2v) is 12.7. The molecule has 0 aromatic heterocycles. The van der Waals surface area contributed by atoms with Crippen molar-refractivity contribution in [3.8, 4) is 5.75 Å².